The van der Waals surface area contributed by atoms with Crippen LogP contribution in [0.25, 0.3) is 0 Å². The Morgan fingerprint density at radius 1 is 1.44 bits per heavy atom. The van der Waals surface area contributed by atoms with Crippen molar-refractivity contribution < 1.29 is 0 Å². The number of halogens is 1. The molecule has 0 aliphatic heterocycles. The van der Waals surface area contributed by atoms with Gasteiger partial charge in [-0.2, -0.15) is 0 Å². The van der Waals surface area contributed by atoms with Gasteiger partial charge in [0.1, 0.15) is 0 Å². The summed E-state index contributed by atoms with van der Waals surface area (Å²) in [6, 6.07) is 0. The van der Waals surface area contributed by atoms with E-state index >= 15 is 0 Å². The van der Waals surface area contributed by atoms with Crippen molar-refractivity contribution in [3.05, 3.63) is 21.8 Å². The van der Waals surface area contributed by atoms with E-state index in [4.69, 9.17) is 5.41 Å². The van der Waals surface area contributed by atoms with Crippen molar-refractivity contribution in [2.24, 2.45) is 0 Å². The minimum absolute atomic E-state index is 0.707. The van der Waals surface area contributed by atoms with Crippen LogP contribution in [0.2, 0.25) is 0 Å². The van der Waals surface area contributed by atoms with Crippen molar-refractivity contribution in [2.45, 2.75) is 0 Å². The van der Waals surface area contributed by atoms with E-state index in [-0.39, 0.29) is 0 Å². The molecule has 1 N–H and O–H groups in total. The van der Waals surface area contributed by atoms with Crippen LogP contribution in [0.1, 0.15) is 5.56 Å². The molecule has 46 valence electrons. The van der Waals surface area contributed by atoms with Gasteiger partial charge in [0.25, 0.3) is 0 Å². The van der Waals surface area contributed by atoms with Gasteiger partial charge in [0.15, 0.2) is 3.83 Å². The standard InChI is InChI=1S/C5H4IN3/c6-5-8-2-4(1-7)3-9-5/h1-3,7H. The molecule has 0 spiro atoms. The lowest BCUT2D eigenvalue weighted by Gasteiger charge is -1.87. The molecule has 1 aromatic heterocycles. The highest BCUT2D eigenvalue weighted by Gasteiger charge is 1.87. The van der Waals surface area contributed by atoms with Crippen LogP contribution in [-0.4, -0.2) is 16.2 Å². The molecule has 0 saturated carbocycles. The van der Waals surface area contributed by atoms with E-state index in [0.717, 1.165) is 5.56 Å². The minimum atomic E-state index is 0.707. The Bertz CT molecular complexity index is 206. The van der Waals surface area contributed by atoms with Gasteiger partial charge >= 0.3 is 0 Å². The van der Waals surface area contributed by atoms with Crippen molar-refractivity contribution in [1.29, 1.82) is 5.41 Å². The number of hydrogen-bond donors (Lipinski definition) is 1. The van der Waals surface area contributed by atoms with Crippen LogP contribution >= 0.6 is 22.6 Å². The zero-order valence-corrected chi connectivity index (χ0v) is 6.66. The van der Waals surface area contributed by atoms with Crippen molar-refractivity contribution in [1.82, 2.24) is 9.97 Å². The van der Waals surface area contributed by atoms with Crippen molar-refractivity contribution in [3.63, 3.8) is 0 Å². The molecule has 0 bridgehead atoms. The van der Waals surface area contributed by atoms with Crippen LogP contribution in [0.3, 0.4) is 0 Å². The lowest BCUT2D eigenvalue weighted by molar-refractivity contribution is 1.10. The van der Waals surface area contributed by atoms with Gasteiger partial charge in [-0.3, -0.25) is 0 Å². The van der Waals surface area contributed by atoms with Crippen LogP contribution in [0.4, 0.5) is 0 Å². The molecule has 4 heteroatoms. The maximum Gasteiger partial charge on any atom is 0.190 e. The van der Waals surface area contributed by atoms with Crippen molar-refractivity contribution >= 4 is 28.8 Å². The predicted molar refractivity (Wildman–Crippen MR) is 42.6 cm³/mol. The third-order valence-corrected chi connectivity index (χ3v) is 1.36. The van der Waals surface area contributed by atoms with Gasteiger partial charge in [-0.05, 0) is 0 Å². The maximum absolute atomic E-state index is 6.81. The van der Waals surface area contributed by atoms with Crippen LogP contribution in [0.15, 0.2) is 12.4 Å². The van der Waals surface area contributed by atoms with E-state index in [1.807, 2.05) is 22.6 Å². The van der Waals surface area contributed by atoms with Gasteiger partial charge in [-0.15, -0.1) is 0 Å². The molecule has 0 unspecified atom stereocenters. The van der Waals surface area contributed by atoms with Crippen LogP contribution in [0.5, 0.6) is 0 Å². The number of nitrogens with zero attached hydrogens (tertiary/aromatic N) is 2. The number of aromatic nitrogens is 2. The number of rotatable bonds is 1. The highest BCUT2D eigenvalue weighted by Crippen LogP contribution is 1.94. The Kier molecular flexibility index (Phi) is 2.10. The largest absolute Gasteiger partial charge is 0.308 e. The molecule has 0 aliphatic carbocycles. The fraction of sp³-hybridized carbons (Fsp3) is 0. The summed E-state index contributed by atoms with van der Waals surface area (Å²) in [6.07, 6.45) is 4.44. The zero-order valence-electron chi connectivity index (χ0n) is 4.50. The normalized spacial score (nSPS) is 9.00. The highest BCUT2D eigenvalue weighted by molar-refractivity contribution is 14.1. The van der Waals surface area contributed by atoms with Crippen LogP contribution in [-0.2, 0) is 0 Å². The summed E-state index contributed by atoms with van der Waals surface area (Å²) in [7, 11) is 0. The molecule has 9 heavy (non-hydrogen) atoms. The average molecular weight is 233 g/mol. The number of nitrogens with one attached hydrogen (secondary N) is 1. The summed E-state index contributed by atoms with van der Waals surface area (Å²) in [5, 5.41) is 6.81. The predicted octanol–water partition coefficient (Wildman–Crippen LogP) is 1.08. The first kappa shape index (κ1) is 6.60. The van der Waals surface area contributed by atoms with Gasteiger partial charge in [0.2, 0.25) is 0 Å². The van der Waals surface area contributed by atoms with E-state index in [2.05, 4.69) is 9.97 Å². The molecule has 0 atom stereocenters. The summed E-state index contributed by atoms with van der Waals surface area (Å²) >= 11 is 2.02. The fourth-order valence-electron chi connectivity index (χ4n) is 0.397. The number of hydrogen-bond acceptors (Lipinski definition) is 3. The fourth-order valence-corrected chi connectivity index (χ4v) is 0.675. The molecule has 1 rings (SSSR count). The summed E-state index contributed by atoms with van der Waals surface area (Å²) in [4.78, 5) is 7.75. The first-order valence-electron chi connectivity index (χ1n) is 2.31. The quantitative estimate of drug-likeness (QED) is 0.448. The molecule has 1 heterocycles. The molecule has 0 aliphatic rings. The minimum Gasteiger partial charge on any atom is -0.308 e. The lowest BCUT2D eigenvalue weighted by Crippen LogP contribution is -1.88. The Morgan fingerprint density at radius 2 is 2.00 bits per heavy atom. The molecule has 0 radical (unpaired) electrons. The Hall–Kier alpha value is -0.520. The summed E-state index contributed by atoms with van der Waals surface area (Å²) < 4.78 is 0.707. The Balaban J connectivity index is 3.01. The Labute approximate surface area is 66.2 Å². The van der Waals surface area contributed by atoms with Gasteiger partial charge in [0, 0.05) is 46.8 Å². The van der Waals surface area contributed by atoms with Gasteiger partial charge < -0.3 is 5.41 Å². The van der Waals surface area contributed by atoms with Gasteiger partial charge in [-0.1, -0.05) is 0 Å². The van der Waals surface area contributed by atoms with Crippen molar-refractivity contribution in [3.8, 4) is 0 Å². The molecule has 0 saturated heterocycles. The Morgan fingerprint density at radius 3 is 2.44 bits per heavy atom. The van der Waals surface area contributed by atoms with E-state index in [1.54, 1.807) is 12.4 Å². The monoisotopic (exact) mass is 233 g/mol. The molecule has 1 aromatic rings. The molecular weight excluding hydrogens is 229 g/mol. The highest BCUT2D eigenvalue weighted by atomic mass is 127. The molecular formula is C5H4IN3. The lowest BCUT2D eigenvalue weighted by atomic mass is 10.4. The SMILES string of the molecule is N=Cc1cnc(I)nc1. The van der Waals surface area contributed by atoms with Crippen LogP contribution in [0, 0.1) is 9.24 Å². The van der Waals surface area contributed by atoms with Crippen molar-refractivity contribution in [2.75, 3.05) is 0 Å². The maximum atomic E-state index is 6.81. The second-order valence-electron chi connectivity index (χ2n) is 1.43. The molecule has 0 fully saturated rings. The first-order valence-corrected chi connectivity index (χ1v) is 3.39. The zero-order chi connectivity index (χ0) is 6.69. The van der Waals surface area contributed by atoms with E-state index in [9.17, 15) is 0 Å². The summed E-state index contributed by atoms with van der Waals surface area (Å²) in [6.45, 7) is 0. The van der Waals surface area contributed by atoms with E-state index < -0.39 is 0 Å². The third kappa shape index (κ3) is 1.70. The first-order chi connectivity index (χ1) is 4.33. The molecule has 0 aromatic carbocycles. The van der Waals surface area contributed by atoms with Crippen LogP contribution < -0.4 is 0 Å². The topological polar surface area (TPSA) is 49.6 Å². The average Bonchev–Trinajstić information content (AvgIpc) is 1.90. The van der Waals surface area contributed by atoms with E-state index in [1.165, 1.54) is 6.21 Å². The van der Waals surface area contributed by atoms with E-state index in [0.29, 0.717) is 3.83 Å². The van der Waals surface area contributed by atoms with Gasteiger partial charge in [0.05, 0.1) is 0 Å². The molecule has 3 nitrogen and oxygen atoms in total. The third-order valence-electron chi connectivity index (χ3n) is 0.807. The summed E-state index contributed by atoms with van der Waals surface area (Å²) in [5.41, 5.74) is 0.732. The smallest absolute Gasteiger partial charge is 0.190 e. The summed E-state index contributed by atoms with van der Waals surface area (Å²) in [5.74, 6) is 0. The van der Waals surface area contributed by atoms with Gasteiger partial charge in [-0.25, -0.2) is 9.97 Å². The molecule has 0 amide bonds. The second-order valence-corrected chi connectivity index (χ2v) is 2.39. The second kappa shape index (κ2) is 2.86.